The monoisotopic (exact) mass is 226 g/mol. The Balaban J connectivity index is 2.89. The third-order valence-corrected chi connectivity index (χ3v) is 2.94. The summed E-state index contributed by atoms with van der Waals surface area (Å²) in [6.45, 7) is 0. The highest BCUT2D eigenvalue weighted by Crippen LogP contribution is 2.13. The lowest BCUT2D eigenvalue weighted by Gasteiger charge is -2.02. The van der Waals surface area contributed by atoms with Gasteiger partial charge in [-0.2, -0.15) is 0 Å². The molecule has 0 atom stereocenters. The predicted molar refractivity (Wildman–Crippen MR) is 56.8 cm³/mol. The van der Waals surface area contributed by atoms with Crippen LogP contribution in [0.15, 0.2) is 29.2 Å². The van der Waals surface area contributed by atoms with Crippen molar-refractivity contribution < 1.29 is 13.2 Å². The second-order valence-electron chi connectivity index (χ2n) is 3.22. The van der Waals surface area contributed by atoms with Crippen LogP contribution in [0.2, 0.25) is 0 Å². The van der Waals surface area contributed by atoms with Gasteiger partial charge in [-0.3, -0.25) is 4.79 Å². The van der Waals surface area contributed by atoms with Gasteiger partial charge < -0.3 is 5.73 Å². The van der Waals surface area contributed by atoms with Crippen LogP contribution in [-0.2, 0) is 14.6 Å². The Morgan fingerprint density at radius 3 is 2.67 bits per heavy atom. The molecule has 5 heteroatoms. The molecule has 0 aliphatic carbocycles. The summed E-state index contributed by atoms with van der Waals surface area (Å²) in [7, 11) is -3.20. The minimum atomic E-state index is -3.20. The Kier molecular flexibility index (Phi) is 3.47. The third-order valence-electron chi connectivity index (χ3n) is 1.83. The molecule has 0 aliphatic heterocycles. The van der Waals surface area contributed by atoms with Crippen LogP contribution in [0, 0.1) is 6.42 Å². The number of primary amides is 1. The van der Waals surface area contributed by atoms with Crippen LogP contribution in [0.3, 0.4) is 0 Å². The van der Waals surface area contributed by atoms with Crippen LogP contribution in [-0.4, -0.2) is 20.6 Å². The molecule has 0 aliphatic rings. The first kappa shape index (κ1) is 11.7. The predicted octanol–water partition coefficient (Wildman–Crippen LogP) is 0.518. The summed E-state index contributed by atoms with van der Waals surface area (Å²) >= 11 is 0. The number of benzene rings is 1. The number of carbonyl (C=O) groups is 1. The summed E-state index contributed by atoms with van der Waals surface area (Å²) in [6.07, 6.45) is 2.84. The molecule has 0 saturated heterocycles. The summed E-state index contributed by atoms with van der Waals surface area (Å²) in [6, 6.07) is 6.37. The summed E-state index contributed by atoms with van der Waals surface area (Å²) in [5.74, 6) is -0.445. The number of amides is 1. The highest BCUT2D eigenvalue weighted by atomic mass is 32.2. The normalized spacial score (nSPS) is 11.3. The molecule has 81 valence electrons. The van der Waals surface area contributed by atoms with Gasteiger partial charge in [-0.15, -0.1) is 0 Å². The number of carbonyl (C=O) groups excluding carboxylic acids is 1. The van der Waals surface area contributed by atoms with E-state index in [0.717, 1.165) is 6.26 Å². The van der Waals surface area contributed by atoms with E-state index < -0.39 is 15.7 Å². The van der Waals surface area contributed by atoms with Crippen LogP contribution in [0.5, 0.6) is 0 Å². The summed E-state index contributed by atoms with van der Waals surface area (Å²) in [4.78, 5) is 10.8. The summed E-state index contributed by atoms with van der Waals surface area (Å²) in [5.41, 5.74) is 5.65. The van der Waals surface area contributed by atoms with Gasteiger partial charge >= 0.3 is 0 Å². The van der Waals surface area contributed by atoms with Crippen LogP contribution in [0.4, 0.5) is 0 Å². The molecule has 0 fully saturated rings. The van der Waals surface area contributed by atoms with Gasteiger partial charge in [-0.05, 0) is 24.1 Å². The maximum Gasteiger partial charge on any atom is 0.218 e. The van der Waals surface area contributed by atoms with E-state index in [1.54, 1.807) is 18.6 Å². The van der Waals surface area contributed by atoms with Crippen molar-refractivity contribution in [2.24, 2.45) is 5.73 Å². The van der Waals surface area contributed by atoms with Crippen molar-refractivity contribution in [2.75, 3.05) is 6.26 Å². The topological polar surface area (TPSA) is 77.2 Å². The van der Waals surface area contributed by atoms with E-state index in [-0.39, 0.29) is 11.3 Å². The molecule has 0 bridgehead atoms. The van der Waals surface area contributed by atoms with Gasteiger partial charge in [0, 0.05) is 12.7 Å². The molecule has 0 aromatic heterocycles. The van der Waals surface area contributed by atoms with Crippen molar-refractivity contribution in [1.29, 1.82) is 0 Å². The molecule has 4 nitrogen and oxygen atoms in total. The molecular weight excluding hydrogens is 214 g/mol. The summed E-state index contributed by atoms with van der Waals surface area (Å²) in [5, 5.41) is 0. The van der Waals surface area contributed by atoms with Gasteiger partial charge in [-0.1, -0.05) is 12.1 Å². The first-order chi connectivity index (χ1) is 6.89. The number of rotatable bonds is 4. The van der Waals surface area contributed by atoms with Crippen molar-refractivity contribution in [2.45, 2.75) is 11.3 Å². The Hall–Kier alpha value is -1.36. The molecule has 0 spiro atoms. The fourth-order valence-electron chi connectivity index (χ4n) is 1.09. The van der Waals surface area contributed by atoms with Gasteiger partial charge in [0.15, 0.2) is 9.84 Å². The minimum absolute atomic E-state index is 0.104. The largest absolute Gasteiger partial charge is 0.370 e. The fourth-order valence-corrected chi connectivity index (χ4v) is 1.77. The Morgan fingerprint density at radius 1 is 1.47 bits per heavy atom. The molecule has 1 aromatic carbocycles. The number of sulfone groups is 1. The highest BCUT2D eigenvalue weighted by molar-refractivity contribution is 7.90. The van der Waals surface area contributed by atoms with E-state index in [1.807, 2.05) is 0 Å². The number of hydrogen-bond donors (Lipinski definition) is 1. The van der Waals surface area contributed by atoms with E-state index in [1.165, 1.54) is 12.1 Å². The zero-order chi connectivity index (χ0) is 11.5. The Bertz CT molecular complexity index is 465. The lowest BCUT2D eigenvalue weighted by atomic mass is 10.1. The van der Waals surface area contributed by atoms with Gasteiger partial charge in [0.1, 0.15) is 0 Å². The molecule has 1 aromatic rings. The molecule has 0 saturated carbocycles. The van der Waals surface area contributed by atoms with Gasteiger partial charge in [0.25, 0.3) is 0 Å². The van der Waals surface area contributed by atoms with E-state index in [2.05, 4.69) is 0 Å². The van der Waals surface area contributed by atoms with Crippen molar-refractivity contribution in [3.8, 4) is 0 Å². The highest BCUT2D eigenvalue weighted by Gasteiger charge is 2.07. The molecule has 1 radical (unpaired) electrons. The van der Waals surface area contributed by atoms with Gasteiger partial charge in [-0.25, -0.2) is 8.42 Å². The zero-order valence-electron chi connectivity index (χ0n) is 8.30. The average molecular weight is 226 g/mol. The van der Waals surface area contributed by atoms with Crippen LogP contribution in [0.25, 0.3) is 0 Å². The second-order valence-corrected chi connectivity index (χ2v) is 5.23. The quantitative estimate of drug-likeness (QED) is 0.813. The third kappa shape index (κ3) is 3.71. The lowest BCUT2D eigenvalue weighted by molar-refractivity contribution is -0.117. The van der Waals surface area contributed by atoms with E-state index in [0.29, 0.717) is 5.56 Å². The van der Waals surface area contributed by atoms with Crippen molar-refractivity contribution in [1.82, 2.24) is 0 Å². The molecular formula is C10H12NO3S. The molecule has 1 rings (SSSR count). The minimum Gasteiger partial charge on any atom is -0.370 e. The number of hydrogen-bond acceptors (Lipinski definition) is 3. The smallest absolute Gasteiger partial charge is 0.218 e. The van der Waals surface area contributed by atoms with Gasteiger partial charge in [0.05, 0.1) is 4.90 Å². The van der Waals surface area contributed by atoms with Crippen LogP contribution in [0.1, 0.15) is 12.0 Å². The molecule has 0 heterocycles. The Morgan fingerprint density at radius 2 is 2.13 bits per heavy atom. The van der Waals surface area contributed by atoms with Crippen molar-refractivity contribution in [3.05, 3.63) is 36.2 Å². The maximum absolute atomic E-state index is 11.2. The SMILES string of the molecule is CS(=O)(=O)c1cccc([CH]CC(N)=O)c1. The average Bonchev–Trinajstić information content (AvgIpc) is 2.14. The van der Waals surface area contributed by atoms with Gasteiger partial charge in [0.2, 0.25) is 5.91 Å². The first-order valence-corrected chi connectivity index (χ1v) is 6.20. The molecule has 1 amide bonds. The van der Waals surface area contributed by atoms with E-state index in [9.17, 15) is 13.2 Å². The number of nitrogens with two attached hydrogens (primary N) is 1. The first-order valence-electron chi connectivity index (χ1n) is 4.31. The Labute approximate surface area is 89.0 Å². The van der Waals surface area contributed by atoms with Crippen LogP contribution >= 0.6 is 0 Å². The summed E-state index contributed by atoms with van der Waals surface area (Å²) < 4.78 is 22.4. The second kappa shape index (κ2) is 4.44. The lowest BCUT2D eigenvalue weighted by Crippen LogP contribution is -2.10. The van der Waals surface area contributed by atoms with Crippen molar-refractivity contribution in [3.63, 3.8) is 0 Å². The maximum atomic E-state index is 11.2. The van der Waals surface area contributed by atoms with Crippen LogP contribution < -0.4 is 5.73 Å². The van der Waals surface area contributed by atoms with Crippen molar-refractivity contribution >= 4 is 15.7 Å². The van der Waals surface area contributed by atoms with E-state index >= 15 is 0 Å². The molecule has 2 N–H and O–H groups in total. The fraction of sp³-hybridized carbons (Fsp3) is 0.200. The van der Waals surface area contributed by atoms with E-state index in [4.69, 9.17) is 5.73 Å². The molecule has 15 heavy (non-hydrogen) atoms. The standard InChI is InChI=1S/C10H12NO3S/c1-15(13,14)9-4-2-3-8(7-9)5-6-10(11)12/h2-5,7H,6H2,1H3,(H2,11,12). The molecule has 0 unspecified atom stereocenters. The zero-order valence-corrected chi connectivity index (χ0v) is 9.12.